The molecule has 3 nitrogen and oxygen atoms in total. The summed E-state index contributed by atoms with van der Waals surface area (Å²) in [6.07, 6.45) is 5.66. The predicted octanol–water partition coefficient (Wildman–Crippen LogP) is 2.11. The molecule has 2 atom stereocenters. The van der Waals surface area contributed by atoms with Gasteiger partial charge in [-0.1, -0.05) is 0 Å². The smallest absolute Gasteiger partial charge is 0.132 e. The van der Waals surface area contributed by atoms with Crippen molar-refractivity contribution in [3.8, 4) is 0 Å². The molecule has 1 saturated heterocycles. The number of hydrogen-bond acceptors (Lipinski definition) is 3. The first kappa shape index (κ1) is 9.74. The number of furan rings is 1. The first-order chi connectivity index (χ1) is 6.90. The minimum Gasteiger partial charge on any atom is -0.467 e. The highest BCUT2D eigenvalue weighted by molar-refractivity contribution is 5.03. The Kier molecular flexibility index (Phi) is 3.22. The first-order valence-corrected chi connectivity index (χ1v) is 5.23. The van der Waals surface area contributed by atoms with E-state index in [1.807, 2.05) is 19.2 Å². The van der Waals surface area contributed by atoms with Gasteiger partial charge in [-0.2, -0.15) is 0 Å². The van der Waals surface area contributed by atoms with Crippen LogP contribution in [0.2, 0.25) is 0 Å². The van der Waals surface area contributed by atoms with E-state index in [1.54, 1.807) is 6.26 Å². The molecule has 0 spiro atoms. The Morgan fingerprint density at radius 2 is 2.43 bits per heavy atom. The van der Waals surface area contributed by atoms with Crippen LogP contribution in [0.15, 0.2) is 22.8 Å². The molecule has 14 heavy (non-hydrogen) atoms. The summed E-state index contributed by atoms with van der Waals surface area (Å²) < 4.78 is 11.3. The van der Waals surface area contributed by atoms with Crippen LogP contribution in [0.25, 0.3) is 0 Å². The minimum atomic E-state index is 0.164. The van der Waals surface area contributed by atoms with Gasteiger partial charge in [0, 0.05) is 6.54 Å². The van der Waals surface area contributed by atoms with Crippen LogP contribution in [0.1, 0.15) is 31.1 Å². The summed E-state index contributed by atoms with van der Waals surface area (Å²) in [7, 11) is 1.96. The summed E-state index contributed by atoms with van der Waals surface area (Å²) in [6.45, 7) is 0.928. The van der Waals surface area contributed by atoms with Gasteiger partial charge in [0.15, 0.2) is 0 Å². The van der Waals surface area contributed by atoms with Gasteiger partial charge in [0.25, 0.3) is 0 Å². The Bertz CT molecular complexity index is 256. The molecular weight excluding hydrogens is 178 g/mol. The lowest BCUT2D eigenvalue weighted by Crippen LogP contribution is -2.31. The normalized spacial score (nSPS) is 27.8. The standard InChI is InChI=1S/C11H17NO2/c1-12-8-9-4-2-5-11(14-9)10-6-3-7-13-10/h3,6-7,9,11-12H,2,4-5,8H2,1H3. The second-order valence-corrected chi connectivity index (χ2v) is 3.75. The van der Waals surface area contributed by atoms with E-state index >= 15 is 0 Å². The van der Waals surface area contributed by atoms with Gasteiger partial charge in [-0.25, -0.2) is 0 Å². The molecule has 0 amide bonds. The van der Waals surface area contributed by atoms with E-state index in [0.717, 1.165) is 25.1 Å². The van der Waals surface area contributed by atoms with E-state index in [-0.39, 0.29) is 6.10 Å². The van der Waals surface area contributed by atoms with Gasteiger partial charge in [-0.15, -0.1) is 0 Å². The minimum absolute atomic E-state index is 0.164. The maximum atomic E-state index is 5.91. The topological polar surface area (TPSA) is 34.4 Å². The number of rotatable bonds is 3. The molecule has 0 bridgehead atoms. The monoisotopic (exact) mass is 195 g/mol. The van der Waals surface area contributed by atoms with Crippen molar-refractivity contribution in [2.24, 2.45) is 0 Å². The van der Waals surface area contributed by atoms with Crippen molar-refractivity contribution in [2.75, 3.05) is 13.6 Å². The van der Waals surface area contributed by atoms with E-state index in [9.17, 15) is 0 Å². The molecule has 0 aliphatic carbocycles. The fraction of sp³-hybridized carbons (Fsp3) is 0.636. The van der Waals surface area contributed by atoms with Crippen molar-refractivity contribution >= 4 is 0 Å². The van der Waals surface area contributed by atoms with Crippen LogP contribution < -0.4 is 5.32 Å². The third kappa shape index (κ3) is 2.16. The molecule has 3 heteroatoms. The maximum absolute atomic E-state index is 5.91. The van der Waals surface area contributed by atoms with Gasteiger partial charge in [0.1, 0.15) is 11.9 Å². The summed E-state index contributed by atoms with van der Waals surface area (Å²) >= 11 is 0. The second-order valence-electron chi connectivity index (χ2n) is 3.75. The number of likely N-dealkylation sites (N-methyl/N-ethyl adjacent to an activating group) is 1. The van der Waals surface area contributed by atoms with Crippen LogP contribution in [0.4, 0.5) is 0 Å². The van der Waals surface area contributed by atoms with E-state index in [4.69, 9.17) is 9.15 Å². The third-order valence-corrected chi connectivity index (χ3v) is 2.64. The summed E-state index contributed by atoms with van der Waals surface area (Å²) in [6, 6.07) is 3.91. The Hall–Kier alpha value is -0.800. The lowest BCUT2D eigenvalue weighted by atomic mass is 10.0. The van der Waals surface area contributed by atoms with Gasteiger partial charge in [0.05, 0.1) is 12.4 Å². The SMILES string of the molecule is CNCC1CCCC(c2ccco2)O1. The van der Waals surface area contributed by atoms with Gasteiger partial charge >= 0.3 is 0 Å². The quantitative estimate of drug-likeness (QED) is 0.802. The average Bonchev–Trinajstić information content (AvgIpc) is 2.71. The molecule has 0 aromatic carbocycles. The summed E-state index contributed by atoms with van der Waals surface area (Å²) in [5.74, 6) is 0.964. The molecule has 2 unspecified atom stereocenters. The highest BCUT2D eigenvalue weighted by Gasteiger charge is 2.24. The number of hydrogen-bond donors (Lipinski definition) is 1. The summed E-state index contributed by atoms with van der Waals surface area (Å²) in [5, 5.41) is 3.15. The molecule has 1 aliphatic heterocycles. The van der Waals surface area contributed by atoms with Crippen molar-refractivity contribution in [1.29, 1.82) is 0 Å². The van der Waals surface area contributed by atoms with Gasteiger partial charge < -0.3 is 14.5 Å². The van der Waals surface area contributed by atoms with Crippen LogP contribution >= 0.6 is 0 Å². The fourth-order valence-electron chi connectivity index (χ4n) is 1.96. The van der Waals surface area contributed by atoms with Crippen LogP contribution in [-0.4, -0.2) is 19.7 Å². The Balaban J connectivity index is 1.94. The Morgan fingerprint density at radius 3 is 3.14 bits per heavy atom. The van der Waals surface area contributed by atoms with Gasteiger partial charge in [-0.3, -0.25) is 0 Å². The van der Waals surface area contributed by atoms with Crippen molar-refractivity contribution in [3.63, 3.8) is 0 Å². The number of ether oxygens (including phenoxy) is 1. The van der Waals surface area contributed by atoms with Crippen LogP contribution in [0.5, 0.6) is 0 Å². The molecule has 1 aromatic rings. The maximum Gasteiger partial charge on any atom is 0.132 e. The highest BCUT2D eigenvalue weighted by atomic mass is 16.5. The van der Waals surface area contributed by atoms with Crippen molar-refractivity contribution in [1.82, 2.24) is 5.32 Å². The zero-order valence-corrected chi connectivity index (χ0v) is 8.53. The summed E-state index contributed by atoms with van der Waals surface area (Å²) in [4.78, 5) is 0. The summed E-state index contributed by atoms with van der Waals surface area (Å²) in [5.41, 5.74) is 0. The molecule has 1 N–H and O–H groups in total. The lowest BCUT2D eigenvalue weighted by molar-refractivity contribution is -0.0586. The molecule has 1 fully saturated rings. The largest absolute Gasteiger partial charge is 0.467 e. The zero-order valence-electron chi connectivity index (χ0n) is 8.53. The van der Waals surface area contributed by atoms with E-state index in [2.05, 4.69) is 5.32 Å². The van der Waals surface area contributed by atoms with Crippen molar-refractivity contribution < 1.29 is 9.15 Å². The van der Waals surface area contributed by atoms with E-state index < -0.39 is 0 Å². The first-order valence-electron chi connectivity index (χ1n) is 5.23. The van der Waals surface area contributed by atoms with Crippen molar-refractivity contribution in [2.45, 2.75) is 31.5 Å². The third-order valence-electron chi connectivity index (χ3n) is 2.64. The Morgan fingerprint density at radius 1 is 1.50 bits per heavy atom. The van der Waals surface area contributed by atoms with E-state index in [1.165, 1.54) is 6.42 Å². The number of nitrogens with one attached hydrogen (secondary N) is 1. The molecule has 1 aromatic heterocycles. The Labute approximate surface area is 84.4 Å². The molecule has 78 valence electrons. The van der Waals surface area contributed by atoms with Gasteiger partial charge in [0.2, 0.25) is 0 Å². The van der Waals surface area contributed by atoms with Crippen LogP contribution in [0.3, 0.4) is 0 Å². The molecule has 2 heterocycles. The van der Waals surface area contributed by atoms with Crippen LogP contribution in [0, 0.1) is 0 Å². The van der Waals surface area contributed by atoms with Crippen molar-refractivity contribution in [3.05, 3.63) is 24.2 Å². The molecule has 2 rings (SSSR count). The lowest BCUT2D eigenvalue weighted by Gasteiger charge is -2.28. The van der Waals surface area contributed by atoms with Crippen LogP contribution in [-0.2, 0) is 4.74 Å². The zero-order chi connectivity index (χ0) is 9.80. The molecule has 1 aliphatic rings. The van der Waals surface area contributed by atoms with E-state index in [0.29, 0.717) is 6.10 Å². The second kappa shape index (κ2) is 4.62. The predicted molar refractivity (Wildman–Crippen MR) is 54.1 cm³/mol. The molecule has 0 saturated carbocycles. The average molecular weight is 195 g/mol. The fourth-order valence-corrected chi connectivity index (χ4v) is 1.96. The molecular formula is C11H17NO2. The van der Waals surface area contributed by atoms with Gasteiger partial charge in [-0.05, 0) is 38.4 Å². The highest BCUT2D eigenvalue weighted by Crippen LogP contribution is 2.30. The molecule has 0 radical (unpaired) electrons.